The minimum Gasteiger partial charge on any atom is -0.384 e. The summed E-state index contributed by atoms with van der Waals surface area (Å²) in [5.41, 5.74) is 5.74. The minimum absolute atomic E-state index is 0.311. The van der Waals surface area contributed by atoms with Gasteiger partial charge in [0.25, 0.3) is 0 Å². The number of piperazine rings is 1. The maximum atomic E-state index is 5.74. The molecule has 17 heavy (non-hydrogen) atoms. The van der Waals surface area contributed by atoms with E-state index in [1.165, 1.54) is 0 Å². The van der Waals surface area contributed by atoms with Crippen LogP contribution in [0.4, 0.5) is 5.82 Å². The molecular formula is C12H21N5. The topological polar surface area (TPSA) is 67.1 Å². The van der Waals surface area contributed by atoms with Crippen LogP contribution in [-0.4, -0.2) is 41.0 Å². The predicted molar refractivity (Wildman–Crippen MR) is 68.5 cm³/mol. The van der Waals surface area contributed by atoms with Crippen molar-refractivity contribution in [2.24, 2.45) is 0 Å². The first-order valence-corrected chi connectivity index (χ1v) is 6.34. The van der Waals surface area contributed by atoms with Gasteiger partial charge in [-0.2, -0.15) is 0 Å². The number of rotatable bonds is 4. The van der Waals surface area contributed by atoms with Crippen molar-refractivity contribution in [3.63, 3.8) is 0 Å². The summed E-state index contributed by atoms with van der Waals surface area (Å²) in [7, 11) is 0. The van der Waals surface area contributed by atoms with E-state index in [9.17, 15) is 0 Å². The van der Waals surface area contributed by atoms with Crippen molar-refractivity contribution in [3.05, 3.63) is 18.1 Å². The van der Waals surface area contributed by atoms with E-state index in [2.05, 4.69) is 27.1 Å². The second-order valence-electron chi connectivity index (χ2n) is 4.43. The Labute approximate surface area is 102 Å². The van der Waals surface area contributed by atoms with Gasteiger partial charge in [-0.25, -0.2) is 9.97 Å². The average molecular weight is 235 g/mol. The Balaban J connectivity index is 2.15. The second-order valence-corrected chi connectivity index (χ2v) is 4.43. The van der Waals surface area contributed by atoms with Gasteiger partial charge < -0.3 is 11.1 Å². The van der Waals surface area contributed by atoms with Gasteiger partial charge in [0.1, 0.15) is 11.6 Å². The summed E-state index contributed by atoms with van der Waals surface area (Å²) in [6.07, 6.45) is 3.97. The molecule has 2 rings (SSSR count). The van der Waals surface area contributed by atoms with Crippen LogP contribution < -0.4 is 11.1 Å². The van der Waals surface area contributed by atoms with Crippen molar-refractivity contribution in [3.8, 4) is 0 Å². The van der Waals surface area contributed by atoms with Gasteiger partial charge in [-0.05, 0) is 12.5 Å². The van der Waals surface area contributed by atoms with Crippen LogP contribution in [-0.2, 0) is 0 Å². The molecule has 2 heterocycles. The lowest BCUT2D eigenvalue weighted by atomic mass is 10.1. The van der Waals surface area contributed by atoms with Gasteiger partial charge in [0.05, 0.1) is 6.04 Å². The Kier molecular flexibility index (Phi) is 4.28. The third-order valence-corrected chi connectivity index (χ3v) is 3.15. The smallest absolute Gasteiger partial charge is 0.147 e. The Morgan fingerprint density at radius 3 is 2.88 bits per heavy atom. The first-order chi connectivity index (χ1) is 8.31. The number of aromatic nitrogens is 2. The maximum absolute atomic E-state index is 5.74. The molecule has 94 valence electrons. The highest BCUT2D eigenvalue weighted by Gasteiger charge is 2.23. The fraction of sp³-hybridized carbons (Fsp3) is 0.667. The number of nitrogens with one attached hydrogen (secondary N) is 1. The van der Waals surface area contributed by atoms with Crippen molar-refractivity contribution in [2.45, 2.75) is 25.8 Å². The first kappa shape index (κ1) is 12.3. The molecule has 1 fully saturated rings. The van der Waals surface area contributed by atoms with Crippen LogP contribution in [0, 0.1) is 0 Å². The van der Waals surface area contributed by atoms with Crippen molar-refractivity contribution >= 4 is 5.82 Å². The van der Waals surface area contributed by atoms with E-state index in [1.54, 1.807) is 12.3 Å². The van der Waals surface area contributed by atoms with Gasteiger partial charge in [0.15, 0.2) is 0 Å². The number of hydrogen-bond acceptors (Lipinski definition) is 5. The van der Waals surface area contributed by atoms with Crippen LogP contribution in [0.1, 0.15) is 31.6 Å². The number of nitrogens with zero attached hydrogens (tertiary/aromatic N) is 3. The molecule has 3 N–H and O–H groups in total. The monoisotopic (exact) mass is 235 g/mol. The summed E-state index contributed by atoms with van der Waals surface area (Å²) in [4.78, 5) is 11.2. The van der Waals surface area contributed by atoms with Gasteiger partial charge in [-0.15, -0.1) is 0 Å². The van der Waals surface area contributed by atoms with E-state index in [-0.39, 0.29) is 0 Å². The van der Waals surface area contributed by atoms with Gasteiger partial charge in [-0.3, -0.25) is 4.90 Å². The van der Waals surface area contributed by atoms with E-state index in [1.807, 2.05) is 0 Å². The zero-order valence-electron chi connectivity index (χ0n) is 10.4. The van der Waals surface area contributed by atoms with Crippen LogP contribution in [0.2, 0.25) is 0 Å². The summed E-state index contributed by atoms with van der Waals surface area (Å²) in [6, 6.07) is 2.05. The van der Waals surface area contributed by atoms with Crippen molar-refractivity contribution in [1.82, 2.24) is 20.2 Å². The lowest BCUT2D eigenvalue weighted by Gasteiger charge is -2.33. The van der Waals surface area contributed by atoms with Crippen LogP contribution in [0.15, 0.2) is 12.3 Å². The average Bonchev–Trinajstić information content (AvgIpc) is 2.37. The van der Waals surface area contributed by atoms with E-state index in [4.69, 9.17) is 5.73 Å². The summed E-state index contributed by atoms with van der Waals surface area (Å²) in [5.74, 6) is 1.43. The van der Waals surface area contributed by atoms with E-state index < -0.39 is 0 Å². The molecule has 0 spiro atoms. The molecule has 0 radical (unpaired) electrons. The molecular weight excluding hydrogens is 214 g/mol. The van der Waals surface area contributed by atoms with E-state index in [0.717, 1.165) is 44.8 Å². The molecule has 1 unspecified atom stereocenters. The molecule has 0 aromatic carbocycles. The van der Waals surface area contributed by atoms with Gasteiger partial charge in [0.2, 0.25) is 0 Å². The summed E-state index contributed by atoms with van der Waals surface area (Å²) < 4.78 is 0. The zero-order valence-corrected chi connectivity index (χ0v) is 10.4. The molecule has 0 aliphatic carbocycles. The van der Waals surface area contributed by atoms with Crippen LogP contribution in [0.5, 0.6) is 0 Å². The van der Waals surface area contributed by atoms with Crippen molar-refractivity contribution in [2.75, 3.05) is 31.9 Å². The molecule has 5 heteroatoms. The number of hydrogen-bond donors (Lipinski definition) is 2. The molecule has 1 aromatic rings. The van der Waals surface area contributed by atoms with Gasteiger partial charge in [0, 0.05) is 32.4 Å². The minimum atomic E-state index is 0.311. The Hall–Kier alpha value is -1.20. The standard InChI is InChI=1S/C12H21N5/c1-2-3-10(17-8-6-14-7-9-17)12-15-5-4-11(13)16-12/h4-5,10,14H,2-3,6-9H2,1H3,(H2,13,15,16). The van der Waals surface area contributed by atoms with Crippen molar-refractivity contribution < 1.29 is 0 Å². The van der Waals surface area contributed by atoms with Gasteiger partial charge >= 0.3 is 0 Å². The number of anilines is 1. The van der Waals surface area contributed by atoms with Crippen LogP contribution in [0.3, 0.4) is 0 Å². The highest BCUT2D eigenvalue weighted by Crippen LogP contribution is 2.23. The summed E-state index contributed by atoms with van der Waals surface area (Å²) in [6.45, 7) is 6.40. The molecule has 5 nitrogen and oxygen atoms in total. The summed E-state index contributed by atoms with van der Waals surface area (Å²) >= 11 is 0. The Morgan fingerprint density at radius 2 is 2.24 bits per heavy atom. The van der Waals surface area contributed by atoms with Gasteiger partial charge in [-0.1, -0.05) is 13.3 Å². The molecule has 1 aromatic heterocycles. The molecule has 1 aliphatic heterocycles. The third kappa shape index (κ3) is 3.14. The zero-order chi connectivity index (χ0) is 12.1. The molecule has 0 amide bonds. The predicted octanol–water partition coefficient (Wildman–Crippen LogP) is 0.805. The van der Waals surface area contributed by atoms with Crippen LogP contribution in [0.25, 0.3) is 0 Å². The fourth-order valence-corrected chi connectivity index (χ4v) is 2.29. The van der Waals surface area contributed by atoms with Crippen molar-refractivity contribution in [1.29, 1.82) is 0 Å². The second kappa shape index (κ2) is 5.93. The molecule has 0 bridgehead atoms. The van der Waals surface area contributed by atoms with E-state index in [0.29, 0.717) is 11.9 Å². The Morgan fingerprint density at radius 1 is 1.47 bits per heavy atom. The molecule has 1 aliphatic rings. The highest BCUT2D eigenvalue weighted by atomic mass is 15.2. The largest absolute Gasteiger partial charge is 0.384 e. The van der Waals surface area contributed by atoms with E-state index >= 15 is 0 Å². The van der Waals surface area contributed by atoms with Crippen LogP contribution >= 0.6 is 0 Å². The lowest BCUT2D eigenvalue weighted by Crippen LogP contribution is -2.45. The molecule has 1 atom stereocenters. The quantitative estimate of drug-likeness (QED) is 0.808. The Bertz CT molecular complexity index is 349. The number of nitrogen functional groups attached to an aromatic ring is 1. The maximum Gasteiger partial charge on any atom is 0.147 e. The fourth-order valence-electron chi connectivity index (χ4n) is 2.29. The highest BCUT2D eigenvalue weighted by molar-refractivity contribution is 5.25. The summed E-state index contributed by atoms with van der Waals surface area (Å²) in [5, 5.41) is 3.37. The first-order valence-electron chi connectivity index (χ1n) is 6.34. The number of nitrogens with two attached hydrogens (primary N) is 1. The molecule has 0 saturated carbocycles. The lowest BCUT2D eigenvalue weighted by molar-refractivity contribution is 0.158. The molecule has 1 saturated heterocycles. The normalized spacial score (nSPS) is 19.1. The SMILES string of the molecule is CCCC(c1nccc(N)n1)N1CCNCC1. The third-order valence-electron chi connectivity index (χ3n) is 3.15.